The molecule has 1 atom stereocenters. The molecule has 1 unspecified atom stereocenters. The number of rotatable bonds is 5. The second kappa shape index (κ2) is 9.72. The summed E-state index contributed by atoms with van der Waals surface area (Å²) in [5, 5.41) is 9.17. The minimum Gasteiger partial charge on any atom is -1.00 e. The quantitative estimate of drug-likeness (QED) is 0.311. The van der Waals surface area contributed by atoms with Gasteiger partial charge in [0.1, 0.15) is 0 Å². The van der Waals surface area contributed by atoms with Crippen molar-refractivity contribution in [2.24, 2.45) is 0 Å². The van der Waals surface area contributed by atoms with Crippen LogP contribution in [0.15, 0.2) is 54.1 Å². The van der Waals surface area contributed by atoms with Crippen molar-refractivity contribution in [1.82, 2.24) is 0 Å². The van der Waals surface area contributed by atoms with Gasteiger partial charge in [0.2, 0.25) is 0 Å². The number of benzene rings is 2. The van der Waals surface area contributed by atoms with Gasteiger partial charge in [0.25, 0.3) is 0 Å². The first-order valence-corrected chi connectivity index (χ1v) is 17.3. The van der Waals surface area contributed by atoms with Crippen molar-refractivity contribution < 1.29 is 55.4 Å². The minimum absolute atomic E-state index is 0. The van der Waals surface area contributed by atoms with E-state index in [2.05, 4.69) is 88.2 Å². The van der Waals surface area contributed by atoms with Crippen LogP contribution in [-0.4, -0.2) is 22.5 Å². The second-order valence-electron chi connectivity index (χ2n) is 10.3. The van der Waals surface area contributed by atoms with Crippen LogP contribution in [-0.2, 0) is 30.6 Å². The van der Waals surface area contributed by atoms with Crippen LogP contribution in [0.5, 0.6) is 0 Å². The van der Waals surface area contributed by atoms with Crippen LogP contribution in [0.1, 0.15) is 25.3 Å². The van der Waals surface area contributed by atoms with Crippen molar-refractivity contribution >= 4 is 53.9 Å². The molecule has 3 aromatic rings. The molecule has 0 amide bonds. The topological polar surface area (TPSA) is 9.23 Å². The fourth-order valence-corrected chi connectivity index (χ4v) is 10.5. The summed E-state index contributed by atoms with van der Waals surface area (Å²) in [7, 11) is -2.95. The zero-order valence-corrected chi connectivity index (χ0v) is 25.7. The van der Waals surface area contributed by atoms with Gasteiger partial charge in [0.15, 0.2) is 8.32 Å². The van der Waals surface area contributed by atoms with Crippen LogP contribution < -0.4 is 35.2 Å². The van der Waals surface area contributed by atoms with E-state index in [1.165, 1.54) is 27.1 Å². The molecule has 3 aromatic carbocycles. The third kappa shape index (κ3) is 4.74. The van der Waals surface area contributed by atoms with Gasteiger partial charge in [-0.25, -0.2) is 0 Å². The summed E-state index contributed by atoms with van der Waals surface area (Å²) in [4.78, 5) is 0. The van der Waals surface area contributed by atoms with Crippen LogP contribution in [0.2, 0.25) is 32.7 Å². The van der Waals surface area contributed by atoms with Gasteiger partial charge >= 0.3 is 26.2 Å². The predicted molar refractivity (Wildman–Crippen MR) is 133 cm³/mol. The van der Waals surface area contributed by atoms with Gasteiger partial charge in [0.05, 0.1) is 8.07 Å². The first kappa shape index (κ1) is 27.9. The van der Waals surface area contributed by atoms with Gasteiger partial charge in [-0.3, -0.25) is 0 Å². The SMILES string of the molecule is CC(CC1=C(c2cc3c([cH-]c4ccccc43)c3c2[Si]3(C)C)CC=C1)O[Si](C)(C)C.[Cl-].[Cl-].[Zr+3]. The van der Waals surface area contributed by atoms with E-state index in [0.29, 0.717) is 0 Å². The molecule has 0 saturated heterocycles. The summed E-state index contributed by atoms with van der Waals surface area (Å²) in [5.41, 5.74) is 4.59. The van der Waals surface area contributed by atoms with Gasteiger partial charge in [-0.2, -0.15) is 0 Å². The van der Waals surface area contributed by atoms with E-state index in [4.69, 9.17) is 4.43 Å². The Hall–Kier alpha value is -0.353. The molecule has 1 aliphatic heterocycles. The average Bonchev–Trinajstić information content (AvgIpc) is 2.97. The summed E-state index contributed by atoms with van der Waals surface area (Å²) in [6.07, 6.45) is 7.08. The molecule has 1 nitrogen and oxygen atoms in total. The molecule has 0 aromatic heterocycles. The summed E-state index contributed by atoms with van der Waals surface area (Å²) >= 11 is 0. The first-order valence-electron chi connectivity index (χ1n) is 10.9. The van der Waals surface area contributed by atoms with Crippen LogP contribution >= 0.6 is 0 Å². The van der Waals surface area contributed by atoms with Crippen molar-refractivity contribution in [3.8, 4) is 0 Å². The maximum atomic E-state index is 6.36. The van der Waals surface area contributed by atoms with Crippen molar-refractivity contribution in [3.63, 3.8) is 0 Å². The molecule has 5 rings (SSSR count). The molecule has 6 heteroatoms. The zero-order chi connectivity index (χ0) is 20.6. The molecule has 32 heavy (non-hydrogen) atoms. The molecule has 0 saturated carbocycles. The fraction of sp³-hybridized carbons (Fsp3) is 0.346. The standard InChI is InChI=1S/C26H31OSi2.2ClH.Zr/c1-17(27-28(2,3)4)14-18-11-9-13-21(18)24-16-22-20-12-8-7-10-19(20)15-23(22)25-26(24)29(25,5)6;;;/h7-12,15-17H,13-14H2,1-6H3;2*1H;/q-1;;;+3/p-2. The summed E-state index contributed by atoms with van der Waals surface area (Å²) in [5.74, 6) is 0. The van der Waals surface area contributed by atoms with E-state index in [9.17, 15) is 0 Å². The van der Waals surface area contributed by atoms with Crippen LogP contribution in [0.4, 0.5) is 0 Å². The third-order valence-electron chi connectivity index (χ3n) is 6.52. The van der Waals surface area contributed by atoms with Crippen LogP contribution in [0.3, 0.4) is 0 Å². The van der Waals surface area contributed by atoms with Gasteiger partial charge in [-0.05, 0) is 56.1 Å². The number of hydrogen-bond donors (Lipinski definition) is 0. The number of allylic oxidation sites excluding steroid dienone is 3. The molecule has 1 aliphatic carbocycles. The molecule has 167 valence electrons. The number of halogens is 2. The predicted octanol–water partition coefficient (Wildman–Crippen LogP) is 0.197. The van der Waals surface area contributed by atoms with Crippen LogP contribution in [0.25, 0.3) is 27.1 Å². The Kier molecular flexibility index (Phi) is 8.47. The summed E-state index contributed by atoms with van der Waals surface area (Å²) in [6.45, 7) is 14.1. The maximum absolute atomic E-state index is 6.36. The van der Waals surface area contributed by atoms with Crippen LogP contribution in [0, 0.1) is 0 Å². The Morgan fingerprint density at radius 1 is 1.06 bits per heavy atom. The first-order chi connectivity index (χ1) is 13.7. The molecule has 0 N–H and O–H groups in total. The molecular formula is C26H31Cl2OSi2Zr. The van der Waals surface area contributed by atoms with E-state index in [0.717, 1.165) is 12.8 Å². The summed E-state index contributed by atoms with van der Waals surface area (Å²) in [6, 6.07) is 13.8. The summed E-state index contributed by atoms with van der Waals surface area (Å²) < 4.78 is 6.36. The van der Waals surface area contributed by atoms with E-state index in [-0.39, 0.29) is 57.1 Å². The Balaban J connectivity index is 0.00000121. The monoisotopic (exact) mass is 575 g/mol. The molecular weight excluding hydrogens is 547 g/mol. The van der Waals surface area contributed by atoms with Crippen molar-refractivity contribution in [2.45, 2.75) is 58.6 Å². The van der Waals surface area contributed by atoms with Gasteiger partial charge in [-0.15, -0.1) is 38.9 Å². The molecule has 1 heterocycles. The van der Waals surface area contributed by atoms with Crippen molar-refractivity contribution in [2.75, 3.05) is 0 Å². The van der Waals surface area contributed by atoms with Crippen molar-refractivity contribution in [3.05, 3.63) is 59.7 Å². The van der Waals surface area contributed by atoms with Gasteiger partial charge in [0, 0.05) is 6.10 Å². The smallest absolute Gasteiger partial charge is 1.00 e. The minimum atomic E-state index is -1.51. The van der Waals surface area contributed by atoms with E-state index < -0.39 is 16.4 Å². The second-order valence-corrected chi connectivity index (χ2v) is 19.1. The molecule has 0 fully saturated rings. The van der Waals surface area contributed by atoms with Gasteiger partial charge in [-0.1, -0.05) is 54.7 Å². The molecule has 0 spiro atoms. The average molecular weight is 578 g/mol. The Morgan fingerprint density at radius 3 is 2.44 bits per heavy atom. The number of fused-ring (bicyclic) bond motifs is 5. The third-order valence-corrected chi connectivity index (χ3v) is 10.9. The Morgan fingerprint density at radius 2 is 1.75 bits per heavy atom. The normalized spacial score (nSPS) is 16.9. The van der Waals surface area contributed by atoms with E-state index in [1.54, 1.807) is 21.5 Å². The molecule has 2 aliphatic rings. The fourth-order valence-electron chi connectivity index (χ4n) is 5.45. The van der Waals surface area contributed by atoms with E-state index >= 15 is 0 Å². The number of hydrogen-bond acceptors (Lipinski definition) is 1. The maximum Gasteiger partial charge on any atom is 3.00 e. The molecule has 1 radical (unpaired) electrons. The largest absolute Gasteiger partial charge is 3.00 e. The Bertz CT molecular complexity index is 1220. The van der Waals surface area contributed by atoms with E-state index in [1.807, 2.05) is 0 Å². The van der Waals surface area contributed by atoms with Crippen molar-refractivity contribution in [1.29, 1.82) is 0 Å². The van der Waals surface area contributed by atoms with Gasteiger partial charge < -0.3 is 29.2 Å². The molecule has 0 bridgehead atoms. The zero-order valence-electron chi connectivity index (χ0n) is 19.8. The Labute approximate surface area is 226 Å².